The zero-order valence-corrected chi connectivity index (χ0v) is 17.6. The average Bonchev–Trinajstić information content (AvgIpc) is 2.49. The maximum atomic E-state index is 10.8. The molecular weight excluding hydrogens is 338 g/mol. The van der Waals surface area contributed by atoms with Crippen molar-refractivity contribution in [2.75, 3.05) is 12.3 Å². The van der Waals surface area contributed by atoms with E-state index in [0.29, 0.717) is 6.42 Å². The van der Waals surface area contributed by atoms with E-state index in [4.69, 9.17) is 4.55 Å². The minimum absolute atomic E-state index is 0. The van der Waals surface area contributed by atoms with Gasteiger partial charge in [0.25, 0.3) is 10.1 Å². The van der Waals surface area contributed by atoms with Crippen LogP contribution < -0.4 is 5.32 Å². The van der Waals surface area contributed by atoms with Gasteiger partial charge in [0.2, 0.25) is 0 Å². The number of rotatable bonds is 17. The molecule has 0 unspecified atom stereocenters. The Labute approximate surface area is 156 Å². The Kier molecular flexibility index (Phi) is 17.4. The topological polar surface area (TPSA) is 97.9 Å². The maximum Gasteiger partial charge on any atom is 0.264 e. The molecule has 0 aromatic rings. The summed E-state index contributed by atoms with van der Waals surface area (Å²) >= 11 is 0. The number of hydrogen-bond acceptors (Lipinski definition) is 3. The summed E-state index contributed by atoms with van der Waals surface area (Å²) in [5, 5.41) is 3.39. The molecule has 0 heterocycles. The molecule has 4 N–H and O–H groups in total. The van der Waals surface area contributed by atoms with Gasteiger partial charge in [-0.05, 0) is 33.2 Å². The summed E-state index contributed by atoms with van der Waals surface area (Å²) < 4.78 is 30.4. The minimum atomic E-state index is -3.85. The lowest BCUT2D eigenvalue weighted by atomic mass is 10.0. The van der Waals surface area contributed by atoms with Crippen LogP contribution >= 0.6 is 0 Å². The van der Waals surface area contributed by atoms with E-state index >= 15 is 0 Å². The molecule has 0 atom stereocenters. The van der Waals surface area contributed by atoms with Crippen LogP contribution in [0.4, 0.5) is 0 Å². The standard InChI is InChI=1S/C19H41NO3S.H2O/c1-4-5-6-7-8-9-10-11-12-13-14-15-17-20-19(2,3)16-18-24(21,22)23;/h20H,4-18H2,1-3H3,(H,21,22,23);1H2. The molecule has 154 valence electrons. The smallest absolute Gasteiger partial charge is 0.264 e. The minimum Gasteiger partial charge on any atom is -0.412 e. The number of hydrogen-bond donors (Lipinski definition) is 2. The van der Waals surface area contributed by atoms with Crippen molar-refractivity contribution >= 4 is 10.1 Å². The van der Waals surface area contributed by atoms with Crippen LogP contribution in [0, 0.1) is 0 Å². The van der Waals surface area contributed by atoms with Crippen molar-refractivity contribution in [1.29, 1.82) is 0 Å². The molecule has 0 spiro atoms. The van der Waals surface area contributed by atoms with Crippen LogP contribution in [0.15, 0.2) is 0 Å². The summed E-state index contributed by atoms with van der Waals surface area (Å²) in [5.74, 6) is -0.175. The van der Waals surface area contributed by atoms with E-state index in [1.54, 1.807) is 0 Å². The molecule has 0 aromatic carbocycles. The van der Waals surface area contributed by atoms with Crippen LogP contribution in [0.25, 0.3) is 0 Å². The van der Waals surface area contributed by atoms with Crippen LogP contribution in [0.1, 0.15) is 104 Å². The molecule has 25 heavy (non-hydrogen) atoms. The highest BCUT2D eigenvalue weighted by Gasteiger charge is 2.19. The molecule has 6 heteroatoms. The first-order valence-corrected chi connectivity index (χ1v) is 11.6. The van der Waals surface area contributed by atoms with Gasteiger partial charge in [-0.3, -0.25) is 4.55 Å². The van der Waals surface area contributed by atoms with Crippen LogP contribution in [0.2, 0.25) is 0 Å². The van der Waals surface area contributed by atoms with E-state index < -0.39 is 10.1 Å². The van der Waals surface area contributed by atoms with Crippen LogP contribution in [0.3, 0.4) is 0 Å². The molecule has 0 amide bonds. The van der Waals surface area contributed by atoms with Crippen molar-refractivity contribution in [3.63, 3.8) is 0 Å². The Morgan fingerprint density at radius 3 is 1.60 bits per heavy atom. The van der Waals surface area contributed by atoms with Crippen molar-refractivity contribution in [2.45, 2.75) is 110 Å². The molecule has 0 saturated carbocycles. The van der Waals surface area contributed by atoms with Crippen molar-refractivity contribution in [1.82, 2.24) is 5.32 Å². The first-order chi connectivity index (χ1) is 11.3. The van der Waals surface area contributed by atoms with Gasteiger partial charge >= 0.3 is 0 Å². The number of unbranched alkanes of at least 4 members (excludes halogenated alkanes) is 11. The molecule has 0 aliphatic carbocycles. The monoisotopic (exact) mass is 381 g/mol. The Balaban J connectivity index is 0. The molecule has 0 aromatic heterocycles. The Bertz CT molecular complexity index is 383. The van der Waals surface area contributed by atoms with Gasteiger partial charge in [-0.15, -0.1) is 0 Å². The SMILES string of the molecule is CCCCCCCCCCCCCCNC(C)(C)CCS(=O)(=O)O.O. The van der Waals surface area contributed by atoms with Gasteiger partial charge in [-0.1, -0.05) is 77.6 Å². The lowest BCUT2D eigenvalue weighted by molar-refractivity contribution is 0.365. The summed E-state index contributed by atoms with van der Waals surface area (Å²) in [6.45, 7) is 7.14. The quantitative estimate of drug-likeness (QED) is 0.286. The summed E-state index contributed by atoms with van der Waals surface area (Å²) in [6, 6.07) is 0. The van der Waals surface area contributed by atoms with E-state index in [-0.39, 0.29) is 16.8 Å². The van der Waals surface area contributed by atoms with Gasteiger partial charge < -0.3 is 10.8 Å². The first kappa shape index (κ1) is 27.1. The zero-order valence-electron chi connectivity index (χ0n) is 16.8. The van der Waals surface area contributed by atoms with Gasteiger partial charge in [0.15, 0.2) is 0 Å². The highest BCUT2D eigenvalue weighted by Crippen LogP contribution is 2.13. The predicted octanol–water partition coefficient (Wildman–Crippen LogP) is 4.51. The summed E-state index contributed by atoms with van der Waals surface area (Å²) in [5.41, 5.74) is -0.242. The van der Waals surface area contributed by atoms with E-state index in [2.05, 4.69) is 12.2 Å². The van der Waals surface area contributed by atoms with Gasteiger partial charge in [-0.2, -0.15) is 8.42 Å². The fraction of sp³-hybridized carbons (Fsp3) is 1.00. The summed E-state index contributed by atoms with van der Waals surface area (Å²) in [7, 11) is -3.85. The van der Waals surface area contributed by atoms with Crippen molar-refractivity contribution < 1.29 is 18.4 Å². The van der Waals surface area contributed by atoms with E-state index in [1.807, 2.05) is 13.8 Å². The van der Waals surface area contributed by atoms with E-state index in [9.17, 15) is 8.42 Å². The highest BCUT2D eigenvalue weighted by atomic mass is 32.2. The van der Waals surface area contributed by atoms with Gasteiger partial charge in [0.05, 0.1) is 5.75 Å². The molecule has 0 radical (unpaired) electrons. The van der Waals surface area contributed by atoms with Crippen molar-refractivity contribution in [3.8, 4) is 0 Å². The van der Waals surface area contributed by atoms with Crippen LogP contribution in [-0.2, 0) is 10.1 Å². The predicted molar refractivity (Wildman–Crippen MR) is 108 cm³/mol. The third-order valence-electron chi connectivity index (χ3n) is 4.62. The average molecular weight is 382 g/mol. The Morgan fingerprint density at radius 1 is 0.800 bits per heavy atom. The molecule has 0 aliphatic rings. The van der Waals surface area contributed by atoms with Gasteiger partial charge in [0, 0.05) is 5.54 Å². The molecule has 0 fully saturated rings. The van der Waals surface area contributed by atoms with Crippen molar-refractivity contribution in [3.05, 3.63) is 0 Å². The third-order valence-corrected chi connectivity index (χ3v) is 5.34. The molecule has 0 bridgehead atoms. The normalized spacial score (nSPS) is 12.2. The first-order valence-electron chi connectivity index (χ1n) is 9.97. The third kappa shape index (κ3) is 21.8. The second kappa shape index (κ2) is 16.0. The summed E-state index contributed by atoms with van der Waals surface area (Å²) in [6.07, 6.45) is 16.5. The fourth-order valence-electron chi connectivity index (χ4n) is 2.87. The lowest BCUT2D eigenvalue weighted by Crippen LogP contribution is -2.41. The number of nitrogens with one attached hydrogen (secondary N) is 1. The molecule has 0 aliphatic heterocycles. The molecule has 0 rings (SSSR count). The highest BCUT2D eigenvalue weighted by molar-refractivity contribution is 7.85. The van der Waals surface area contributed by atoms with Gasteiger partial charge in [0.1, 0.15) is 0 Å². The Hall–Kier alpha value is -0.170. The largest absolute Gasteiger partial charge is 0.412 e. The van der Waals surface area contributed by atoms with Crippen LogP contribution in [-0.4, -0.2) is 36.3 Å². The van der Waals surface area contributed by atoms with Crippen LogP contribution in [0.5, 0.6) is 0 Å². The second-order valence-electron chi connectivity index (χ2n) is 7.74. The van der Waals surface area contributed by atoms with Crippen molar-refractivity contribution in [2.24, 2.45) is 0 Å². The van der Waals surface area contributed by atoms with Gasteiger partial charge in [-0.25, -0.2) is 0 Å². The van der Waals surface area contributed by atoms with E-state index in [0.717, 1.165) is 13.0 Å². The summed E-state index contributed by atoms with van der Waals surface area (Å²) in [4.78, 5) is 0. The zero-order chi connectivity index (χ0) is 18.3. The molecular formula is C19H43NO4S. The second-order valence-corrected chi connectivity index (χ2v) is 9.31. The molecule has 0 saturated heterocycles. The van der Waals surface area contributed by atoms with E-state index in [1.165, 1.54) is 70.6 Å². The Morgan fingerprint density at radius 2 is 1.20 bits per heavy atom. The molecule has 5 nitrogen and oxygen atoms in total. The maximum absolute atomic E-state index is 10.8. The lowest BCUT2D eigenvalue weighted by Gasteiger charge is -2.25. The fourth-order valence-corrected chi connectivity index (χ4v) is 3.63.